The predicted octanol–water partition coefficient (Wildman–Crippen LogP) is 24.5. The Labute approximate surface area is 748 Å². The lowest BCUT2D eigenvalue weighted by Gasteiger charge is -2.19. The molecule has 606 valence electrons. The molecule has 0 radical (unpaired) electrons. The van der Waals surface area contributed by atoms with Crippen molar-refractivity contribution in [3.8, 4) is 49.6 Å². The number of ketones is 4. The number of pyridine rings is 5. The number of benzene rings is 5. The van der Waals surface area contributed by atoms with Crippen molar-refractivity contribution in [2.75, 3.05) is 33.8 Å². The minimum atomic E-state index is -0.691. The minimum absolute atomic E-state index is 0.00000847. The van der Waals surface area contributed by atoms with Crippen molar-refractivity contribution in [1.82, 2.24) is 44.4 Å². The van der Waals surface area contributed by atoms with Crippen LogP contribution < -0.4 is 24.3 Å². The van der Waals surface area contributed by atoms with Gasteiger partial charge in [-0.2, -0.15) is 10.3 Å². The van der Waals surface area contributed by atoms with E-state index >= 15 is 0 Å². The van der Waals surface area contributed by atoms with Crippen LogP contribution >= 0.6 is 140 Å². The Morgan fingerprint density at radius 3 is 1.27 bits per heavy atom. The molecule has 0 atom stereocenters. The highest BCUT2D eigenvalue weighted by Gasteiger charge is 2.28. The summed E-state index contributed by atoms with van der Waals surface area (Å²) in [7, 11) is 6.11. The van der Waals surface area contributed by atoms with Crippen LogP contribution in [0.15, 0.2) is 226 Å². The third-order valence-electron chi connectivity index (χ3n) is 17.5. The summed E-state index contributed by atoms with van der Waals surface area (Å²) in [6.45, 7) is 5.30. The molecule has 1 aliphatic heterocycles. The van der Waals surface area contributed by atoms with Crippen LogP contribution in [0.25, 0.3) is 71.1 Å². The van der Waals surface area contributed by atoms with Gasteiger partial charge < -0.3 is 43.7 Å². The van der Waals surface area contributed by atoms with Crippen LogP contribution in [-0.4, -0.2) is 118 Å². The molecule has 11 aromatic heterocycles. The van der Waals surface area contributed by atoms with Crippen LogP contribution in [0, 0.1) is 6.20 Å². The zero-order valence-corrected chi connectivity index (χ0v) is 74.6. The number of aromatic nitrogens is 9. The second-order valence-corrected chi connectivity index (χ2v) is 33.4. The summed E-state index contributed by atoms with van der Waals surface area (Å²) in [5.41, 5.74) is 8.01. The van der Waals surface area contributed by atoms with Gasteiger partial charge >= 0.3 is 6.09 Å². The molecular weight excluding hydrogens is 1890 g/mol. The van der Waals surface area contributed by atoms with Crippen molar-refractivity contribution in [1.29, 1.82) is 0 Å². The first kappa shape index (κ1) is 88.2. The molecule has 0 fully saturated rings. The normalized spacial score (nSPS) is 11.0. The third-order valence-corrected chi connectivity index (χ3v) is 22.5. The second-order valence-electron chi connectivity index (χ2n) is 26.4. The number of nitrogens with one attached hydrogen (secondary N) is 4. The summed E-state index contributed by atoms with van der Waals surface area (Å²) in [6.07, 6.45) is 19.0. The molecule has 22 nitrogen and oxygen atoms in total. The highest BCUT2D eigenvalue weighted by atomic mass is 79.9. The monoisotopic (exact) mass is 1950 g/mol. The molecule has 0 spiro atoms. The maximum absolute atomic E-state index is 13.2. The van der Waals surface area contributed by atoms with Crippen molar-refractivity contribution in [2.24, 2.45) is 0 Å². The van der Waals surface area contributed by atoms with Crippen LogP contribution in [0.4, 0.5) is 10.6 Å². The van der Waals surface area contributed by atoms with E-state index < -0.39 is 16.9 Å². The van der Waals surface area contributed by atoms with Gasteiger partial charge in [-0.15, -0.1) is 22.7 Å². The molecule has 33 heteroatoms. The largest absolute Gasteiger partial charge is 0.508 e. The number of anilines is 1. The number of nitrogens with zero attached hydrogens (tertiary/aromatic N) is 6. The molecule has 5 N–H and O–H groups in total. The van der Waals surface area contributed by atoms with Gasteiger partial charge in [-0.3, -0.25) is 24.0 Å². The number of fused-ring (bicyclic) bond motifs is 5. The third kappa shape index (κ3) is 21.0. The number of H-pyrrole nitrogens is 3. The number of carbonyl (C=O) groups is 6. The maximum atomic E-state index is 13.2. The average molecular weight is 1960 g/mol. The molecular formula is C87H62Br3Cl6N10O12S2+. The van der Waals surface area contributed by atoms with Gasteiger partial charge in [0.25, 0.3) is 11.1 Å². The number of carbonyl (C=O) groups excluding carboxylic acids is 6. The van der Waals surface area contributed by atoms with Crippen molar-refractivity contribution in [3.63, 3.8) is 0 Å². The van der Waals surface area contributed by atoms with E-state index in [1.165, 1.54) is 49.2 Å². The molecule has 17 rings (SSSR count). The first-order valence-corrected chi connectivity index (χ1v) is 41.7. The van der Waals surface area contributed by atoms with Crippen LogP contribution in [-0.2, 0) is 4.74 Å². The quantitative estimate of drug-likeness (QED) is 0.0362. The van der Waals surface area contributed by atoms with Gasteiger partial charge in [0, 0.05) is 146 Å². The van der Waals surface area contributed by atoms with Gasteiger partial charge in [-0.1, -0.05) is 70.1 Å². The number of methoxy groups -OCH3 is 4. The molecule has 0 saturated carbocycles. The molecule has 12 heterocycles. The van der Waals surface area contributed by atoms with E-state index in [1.807, 2.05) is 65.4 Å². The summed E-state index contributed by atoms with van der Waals surface area (Å²) in [5.74, 6) is 2.16. The number of aromatic amines is 3. The molecule has 0 aliphatic carbocycles. The van der Waals surface area contributed by atoms with Crippen LogP contribution in [0.5, 0.6) is 28.7 Å². The van der Waals surface area contributed by atoms with E-state index in [0.29, 0.717) is 103 Å². The van der Waals surface area contributed by atoms with Crippen molar-refractivity contribution >= 4 is 231 Å². The first-order valence-electron chi connectivity index (χ1n) is 35.3. The highest BCUT2D eigenvalue weighted by Crippen LogP contribution is 2.37. The van der Waals surface area contributed by atoms with Crippen molar-refractivity contribution in [2.45, 2.75) is 26.4 Å². The number of phenolic OH excluding ortho intramolecular Hbond substituents is 1. The Morgan fingerprint density at radius 1 is 0.450 bits per heavy atom. The SMILES string of the molecule is Brc1cnc2c(c1)C=[C+]N2.COc1ccc(Cl)c(C(=O)Cl)c1.COc1ccc(Cl)c(C(=O)c2c[nH]c3ncc(-c4cccs4)cc23)c1.COc1ccc(Cl)c(C(=O)c2c[nH]c3ncc(Br)cc23)c1.COc1ccc(Cl)c(C(=O)c2cn(C(=O)OC(C)(C)C)c3ncc(Br)cc23)c1.O=C(c1cc(O)ccc1Cl)c1c[nH]c2ncc(-c3cccs3)cc12. The smallest absolute Gasteiger partial charge is 0.420 e. The van der Waals surface area contributed by atoms with Crippen LogP contribution in [0.1, 0.15) is 100 Å². The number of phenols is 1. The van der Waals surface area contributed by atoms with E-state index in [2.05, 4.69) is 99.2 Å². The van der Waals surface area contributed by atoms with E-state index in [9.17, 15) is 33.9 Å². The Hall–Kier alpha value is -11.1. The van der Waals surface area contributed by atoms with Gasteiger partial charge in [-0.05, 0) is 218 Å². The minimum Gasteiger partial charge on any atom is -0.508 e. The molecule has 1 aliphatic rings. The highest BCUT2D eigenvalue weighted by molar-refractivity contribution is 9.11. The summed E-state index contributed by atoms with van der Waals surface area (Å²) in [5, 5.41) is 20.4. The summed E-state index contributed by atoms with van der Waals surface area (Å²) in [4.78, 5) is 108. The van der Waals surface area contributed by atoms with Crippen molar-refractivity contribution in [3.05, 3.63) is 312 Å². The van der Waals surface area contributed by atoms with Crippen LogP contribution in [0.2, 0.25) is 25.1 Å². The molecule has 0 unspecified atom stereocenters. The molecule has 0 amide bonds. The Kier molecular flexibility index (Phi) is 28.9. The molecule has 0 saturated heterocycles. The number of halogens is 9. The Bertz CT molecular complexity index is 6610. The summed E-state index contributed by atoms with van der Waals surface area (Å²) >= 11 is 49.0. The van der Waals surface area contributed by atoms with Crippen LogP contribution in [0.3, 0.4) is 0 Å². The lowest BCUT2D eigenvalue weighted by atomic mass is 10.0. The Balaban J connectivity index is 0.000000136. The number of hydrogen-bond acceptors (Lipinski definition) is 20. The lowest BCUT2D eigenvalue weighted by Crippen LogP contribution is -2.26. The van der Waals surface area contributed by atoms with E-state index in [1.54, 1.807) is 180 Å². The van der Waals surface area contributed by atoms with Gasteiger partial charge in [0.2, 0.25) is 0 Å². The summed E-state index contributed by atoms with van der Waals surface area (Å²) in [6, 6.07) is 41.4. The molecule has 16 aromatic rings. The molecule has 0 bridgehead atoms. The average Bonchev–Trinajstić information content (AvgIpc) is 1.61. The van der Waals surface area contributed by atoms with Gasteiger partial charge in [0.05, 0.1) is 75.3 Å². The molecule has 5 aromatic carbocycles. The van der Waals surface area contributed by atoms with Crippen molar-refractivity contribution < 1.29 is 57.6 Å². The van der Waals surface area contributed by atoms with Gasteiger partial charge in [0.15, 0.2) is 28.7 Å². The number of thiophene rings is 2. The predicted molar refractivity (Wildman–Crippen MR) is 484 cm³/mol. The topological polar surface area (TPSA) is 298 Å². The standard InChI is InChI=1S/C20H18BrClN2O4.C19H13ClN2O2S.C18H11ClN2O2S.C15H10BrClN2O2.C8H6Cl2O2.C7H4BrN2/c1-20(2,3)28-19(26)24-10-15(13-7-11(21)9-23-18(13)24)17(25)14-8-12(27-4)5-6-16(14)22;1-24-12-4-5-16(20)14(8-12)18(23)15-10-22-19-13(15)7-11(9-21-19)17-3-2-6-25-17;19-15-4-3-11(22)7-13(15)17(23)14-9-21-18-12(14)6-10(8-20-18)16-2-1-5-24-16;1-21-9-2-3-13(17)11(5-9)14(20)12-7-19-15-10(12)4-8(16)6-18-15;1-12-5-2-3-7(9)6(4-5)8(10)11;8-6-3-5-1-2-9-7(5)10-4-6/h5-10H,1-4H3;2-10H,1H3,(H,21,22);1-9,22H,(H,20,21);2-7H,1H3,(H,18,19);2-4H,1H3;1,3-4H,(H,9,10)/q;;;;;+1. The Morgan fingerprint density at radius 2 is 0.833 bits per heavy atom. The lowest BCUT2D eigenvalue weighted by molar-refractivity contribution is 0.0542. The zero-order chi connectivity index (χ0) is 85.8. The fraction of sp³-hybridized carbons (Fsp3) is 0.0920. The maximum Gasteiger partial charge on any atom is 0.420 e. The number of hydrogen-bond donors (Lipinski definition) is 5. The molecule has 120 heavy (non-hydrogen) atoms. The second kappa shape index (κ2) is 39.4. The summed E-state index contributed by atoms with van der Waals surface area (Å²) < 4.78 is 29.6. The number of aromatic hydroxyl groups is 1. The first-order chi connectivity index (χ1) is 57.5. The van der Waals surface area contributed by atoms with E-state index in [-0.39, 0.29) is 56.2 Å². The van der Waals surface area contributed by atoms with Gasteiger partial charge in [-0.25, -0.2) is 29.3 Å². The van der Waals surface area contributed by atoms with E-state index in [0.717, 1.165) is 57.4 Å². The fourth-order valence-corrected chi connectivity index (χ4v) is 15.4. The van der Waals surface area contributed by atoms with E-state index in [4.69, 9.17) is 93.3 Å². The zero-order valence-electron chi connectivity index (χ0n) is 63.6. The van der Waals surface area contributed by atoms with Gasteiger partial charge in [0.1, 0.15) is 69.2 Å². The number of ether oxygens (including phenoxy) is 5. The fourth-order valence-electron chi connectivity index (χ4n) is 11.7. The number of rotatable bonds is 15.